The summed E-state index contributed by atoms with van der Waals surface area (Å²) in [4.78, 5) is 22.6. The molecule has 84 valence electrons. The fourth-order valence-electron chi connectivity index (χ4n) is 1.36. The van der Waals surface area contributed by atoms with E-state index in [1.54, 1.807) is 0 Å². The minimum atomic E-state index is -0.676. The molecular weight excluding hydrogens is 214 g/mol. The molecular formula is C9H15N3O2S. The van der Waals surface area contributed by atoms with E-state index in [9.17, 15) is 9.59 Å². The van der Waals surface area contributed by atoms with Crippen LogP contribution in [0.1, 0.15) is 19.8 Å². The van der Waals surface area contributed by atoms with Crippen LogP contribution in [-0.4, -0.2) is 29.4 Å². The minimum Gasteiger partial charge on any atom is -0.392 e. The van der Waals surface area contributed by atoms with Crippen LogP contribution < -0.4 is 16.4 Å². The smallest absolute Gasteiger partial charge is 0.309 e. The Labute approximate surface area is 93.8 Å². The average molecular weight is 229 g/mol. The predicted molar refractivity (Wildman–Crippen MR) is 60.1 cm³/mol. The van der Waals surface area contributed by atoms with Crippen LogP contribution in [0.4, 0.5) is 0 Å². The van der Waals surface area contributed by atoms with E-state index in [2.05, 4.69) is 29.8 Å². The molecule has 0 bridgehead atoms. The Balaban J connectivity index is 2.22. The number of rotatable bonds is 4. The summed E-state index contributed by atoms with van der Waals surface area (Å²) >= 11 is 4.57. The van der Waals surface area contributed by atoms with Crippen molar-refractivity contribution in [3.63, 3.8) is 0 Å². The molecule has 1 aliphatic carbocycles. The van der Waals surface area contributed by atoms with Crippen molar-refractivity contribution >= 4 is 29.0 Å². The van der Waals surface area contributed by atoms with E-state index in [-0.39, 0.29) is 17.6 Å². The molecule has 1 saturated carbocycles. The van der Waals surface area contributed by atoms with Crippen LogP contribution in [0.3, 0.4) is 0 Å². The van der Waals surface area contributed by atoms with Crippen molar-refractivity contribution in [1.29, 1.82) is 0 Å². The summed E-state index contributed by atoms with van der Waals surface area (Å²) in [5.74, 6) is -0.755. The summed E-state index contributed by atoms with van der Waals surface area (Å²) in [6.07, 6.45) is 1.99. The van der Waals surface area contributed by atoms with Gasteiger partial charge < -0.3 is 16.4 Å². The van der Waals surface area contributed by atoms with E-state index < -0.39 is 11.8 Å². The summed E-state index contributed by atoms with van der Waals surface area (Å²) in [6.45, 7) is 2.12. The molecule has 0 spiro atoms. The van der Waals surface area contributed by atoms with Crippen LogP contribution in [0.5, 0.6) is 0 Å². The van der Waals surface area contributed by atoms with Gasteiger partial charge in [0.25, 0.3) is 0 Å². The second-order valence-electron chi connectivity index (χ2n) is 3.63. The predicted octanol–water partition coefficient (Wildman–Crippen LogP) is -0.697. The number of carbonyl (C=O) groups is 2. The number of carbonyl (C=O) groups excluding carboxylic acids is 2. The van der Waals surface area contributed by atoms with Gasteiger partial charge in [0, 0.05) is 6.04 Å². The number of thiocarbonyl (C=S) groups is 1. The maximum atomic E-state index is 11.3. The van der Waals surface area contributed by atoms with Gasteiger partial charge >= 0.3 is 11.8 Å². The third kappa shape index (κ3) is 3.83. The van der Waals surface area contributed by atoms with Crippen molar-refractivity contribution in [3.05, 3.63) is 0 Å². The van der Waals surface area contributed by atoms with Crippen LogP contribution >= 0.6 is 12.2 Å². The third-order valence-corrected chi connectivity index (χ3v) is 2.54. The van der Waals surface area contributed by atoms with Crippen molar-refractivity contribution in [2.45, 2.75) is 25.8 Å². The van der Waals surface area contributed by atoms with E-state index in [0.717, 1.165) is 12.8 Å². The Kier molecular flexibility index (Phi) is 4.02. The van der Waals surface area contributed by atoms with Gasteiger partial charge in [-0.1, -0.05) is 25.6 Å². The van der Waals surface area contributed by atoms with Gasteiger partial charge in [0.1, 0.15) is 0 Å². The van der Waals surface area contributed by atoms with Crippen molar-refractivity contribution in [2.75, 3.05) is 6.54 Å². The molecule has 0 heterocycles. The molecule has 0 saturated heterocycles. The lowest BCUT2D eigenvalue weighted by Crippen LogP contribution is -2.43. The Morgan fingerprint density at radius 1 is 1.47 bits per heavy atom. The van der Waals surface area contributed by atoms with Crippen molar-refractivity contribution in [1.82, 2.24) is 10.6 Å². The molecule has 5 nitrogen and oxygen atoms in total. The van der Waals surface area contributed by atoms with Crippen LogP contribution in [-0.2, 0) is 9.59 Å². The highest BCUT2D eigenvalue weighted by molar-refractivity contribution is 7.80. The second kappa shape index (κ2) is 5.06. The van der Waals surface area contributed by atoms with E-state index in [0.29, 0.717) is 5.92 Å². The quantitative estimate of drug-likeness (QED) is 0.440. The zero-order chi connectivity index (χ0) is 11.4. The Morgan fingerprint density at radius 2 is 2.13 bits per heavy atom. The second-order valence-corrected chi connectivity index (χ2v) is 4.16. The minimum absolute atomic E-state index is 0.0590. The zero-order valence-electron chi connectivity index (χ0n) is 8.58. The van der Waals surface area contributed by atoms with Crippen LogP contribution in [0.25, 0.3) is 0 Å². The molecule has 6 heteroatoms. The summed E-state index contributed by atoms with van der Waals surface area (Å²) in [7, 11) is 0. The van der Waals surface area contributed by atoms with E-state index in [1.165, 1.54) is 0 Å². The SMILES string of the molecule is CCC1CC1NC(=O)C(=O)NCC(N)=S. The molecule has 0 aromatic rings. The highest BCUT2D eigenvalue weighted by Crippen LogP contribution is 2.32. The van der Waals surface area contributed by atoms with Gasteiger partial charge in [-0.25, -0.2) is 0 Å². The zero-order valence-corrected chi connectivity index (χ0v) is 9.39. The fourth-order valence-corrected chi connectivity index (χ4v) is 1.43. The summed E-state index contributed by atoms with van der Waals surface area (Å²) in [5, 5.41) is 4.97. The van der Waals surface area contributed by atoms with Crippen molar-refractivity contribution < 1.29 is 9.59 Å². The Hall–Kier alpha value is -1.17. The number of hydrogen-bond donors (Lipinski definition) is 3. The molecule has 2 amide bonds. The lowest BCUT2D eigenvalue weighted by molar-refractivity contribution is -0.139. The fraction of sp³-hybridized carbons (Fsp3) is 0.667. The monoisotopic (exact) mass is 229 g/mol. The standard InChI is InChI=1S/C9H15N3O2S/c1-2-5-3-6(5)12-9(14)8(13)11-4-7(10)15/h5-6H,2-4H2,1H3,(H2,10,15)(H,11,13)(H,12,14). The van der Waals surface area contributed by atoms with Gasteiger partial charge in [0.2, 0.25) is 0 Å². The third-order valence-electron chi connectivity index (χ3n) is 2.39. The maximum absolute atomic E-state index is 11.3. The van der Waals surface area contributed by atoms with Gasteiger partial charge in [0.15, 0.2) is 0 Å². The lowest BCUT2D eigenvalue weighted by atomic mass is 10.3. The molecule has 1 aliphatic rings. The number of nitrogens with two attached hydrogens (primary N) is 1. The van der Waals surface area contributed by atoms with Crippen LogP contribution in [0, 0.1) is 5.92 Å². The van der Waals surface area contributed by atoms with Gasteiger partial charge in [-0.3, -0.25) is 9.59 Å². The van der Waals surface area contributed by atoms with Gasteiger partial charge in [-0.2, -0.15) is 0 Å². The first-order chi connectivity index (χ1) is 7.04. The van der Waals surface area contributed by atoms with Gasteiger partial charge in [-0.15, -0.1) is 0 Å². The number of amides is 2. The topological polar surface area (TPSA) is 84.2 Å². The largest absolute Gasteiger partial charge is 0.392 e. The molecule has 0 aromatic carbocycles. The molecule has 0 aliphatic heterocycles. The van der Waals surface area contributed by atoms with Crippen LogP contribution in [0.2, 0.25) is 0 Å². The molecule has 2 atom stereocenters. The Bertz CT molecular complexity index is 293. The molecule has 1 rings (SSSR count). The molecule has 0 aromatic heterocycles. The molecule has 2 unspecified atom stereocenters. The highest BCUT2D eigenvalue weighted by Gasteiger charge is 2.37. The number of hydrogen-bond acceptors (Lipinski definition) is 3. The molecule has 4 N–H and O–H groups in total. The van der Waals surface area contributed by atoms with Crippen LogP contribution in [0.15, 0.2) is 0 Å². The molecule has 0 radical (unpaired) electrons. The van der Waals surface area contributed by atoms with Gasteiger partial charge in [-0.05, 0) is 12.3 Å². The van der Waals surface area contributed by atoms with E-state index in [1.807, 2.05) is 0 Å². The summed E-state index contributed by atoms with van der Waals surface area (Å²) < 4.78 is 0. The van der Waals surface area contributed by atoms with Crippen molar-refractivity contribution in [2.24, 2.45) is 11.7 Å². The highest BCUT2D eigenvalue weighted by atomic mass is 32.1. The first-order valence-electron chi connectivity index (χ1n) is 4.91. The Morgan fingerprint density at radius 3 is 2.60 bits per heavy atom. The molecule has 1 fully saturated rings. The molecule has 15 heavy (non-hydrogen) atoms. The summed E-state index contributed by atoms with van der Waals surface area (Å²) in [5.41, 5.74) is 5.18. The maximum Gasteiger partial charge on any atom is 0.309 e. The van der Waals surface area contributed by atoms with E-state index >= 15 is 0 Å². The first-order valence-corrected chi connectivity index (χ1v) is 5.32. The normalized spacial score (nSPS) is 23.0. The lowest BCUT2D eigenvalue weighted by Gasteiger charge is -2.04. The van der Waals surface area contributed by atoms with Gasteiger partial charge in [0.05, 0.1) is 11.5 Å². The number of nitrogens with one attached hydrogen (secondary N) is 2. The summed E-state index contributed by atoms with van der Waals surface area (Å²) in [6, 6.07) is 0.165. The van der Waals surface area contributed by atoms with Crippen molar-refractivity contribution in [3.8, 4) is 0 Å². The first kappa shape index (κ1) is 11.9. The van der Waals surface area contributed by atoms with E-state index in [4.69, 9.17) is 5.73 Å². The average Bonchev–Trinajstić information content (AvgIpc) is 2.92.